The summed E-state index contributed by atoms with van der Waals surface area (Å²) in [6.45, 7) is 11.1. The lowest BCUT2D eigenvalue weighted by Gasteiger charge is -2.12. The SMILES string of the molecule is CCNCc1c(-c2ccccc2OCCC(C)C)n[nH]c1C. The lowest BCUT2D eigenvalue weighted by molar-refractivity contribution is 0.290. The van der Waals surface area contributed by atoms with Crippen LogP contribution in [0.25, 0.3) is 11.3 Å². The number of aromatic nitrogens is 2. The predicted octanol–water partition coefficient (Wildman–Crippen LogP) is 3.92. The molecule has 0 atom stereocenters. The zero-order valence-corrected chi connectivity index (χ0v) is 14.1. The third-order valence-electron chi connectivity index (χ3n) is 3.72. The van der Waals surface area contributed by atoms with E-state index in [1.807, 2.05) is 18.2 Å². The number of para-hydroxylation sites is 1. The molecule has 4 heteroatoms. The average molecular weight is 301 g/mol. The summed E-state index contributed by atoms with van der Waals surface area (Å²) in [6, 6.07) is 8.15. The van der Waals surface area contributed by atoms with E-state index in [1.165, 1.54) is 5.56 Å². The molecule has 0 unspecified atom stereocenters. The van der Waals surface area contributed by atoms with Gasteiger partial charge in [0.1, 0.15) is 11.4 Å². The highest BCUT2D eigenvalue weighted by Gasteiger charge is 2.15. The van der Waals surface area contributed by atoms with Gasteiger partial charge >= 0.3 is 0 Å². The fourth-order valence-corrected chi connectivity index (χ4v) is 2.33. The normalized spacial score (nSPS) is 11.1. The molecule has 2 N–H and O–H groups in total. The Kier molecular flexibility index (Phi) is 6.01. The van der Waals surface area contributed by atoms with E-state index in [-0.39, 0.29) is 0 Å². The fraction of sp³-hybridized carbons (Fsp3) is 0.500. The molecule has 1 aromatic carbocycles. The van der Waals surface area contributed by atoms with E-state index in [4.69, 9.17) is 4.74 Å². The van der Waals surface area contributed by atoms with E-state index in [2.05, 4.69) is 49.3 Å². The van der Waals surface area contributed by atoms with Crippen LogP contribution in [0, 0.1) is 12.8 Å². The number of hydrogen-bond donors (Lipinski definition) is 2. The average Bonchev–Trinajstić information content (AvgIpc) is 2.86. The van der Waals surface area contributed by atoms with Crippen molar-refractivity contribution in [2.45, 2.75) is 40.7 Å². The number of rotatable bonds is 8. The van der Waals surface area contributed by atoms with Gasteiger partial charge < -0.3 is 10.1 Å². The molecule has 0 aliphatic heterocycles. The maximum atomic E-state index is 6.00. The first-order valence-corrected chi connectivity index (χ1v) is 8.10. The molecule has 0 spiro atoms. The summed E-state index contributed by atoms with van der Waals surface area (Å²) >= 11 is 0. The Morgan fingerprint density at radius 2 is 2.05 bits per heavy atom. The van der Waals surface area contributed by atoms with Gasteiger partial charge in [-0.05, 0) is 37.9 Å². The summed E-state index contributed by atoms with van der Waals surface area (Å²) in [5, 5.41) is 11.0. The minimum absolute atomic E-state index is 0.643. The molecule has 0 aliphatic carbocycles. The van der Waals surface area contributed by atoms with Crippen molar-refractivity contribution in [1.82, 2.24) is 15.5 Å². The van der Waals surface area contributed by atoms with Crippen LogP contribution in [0.4, 0.5) is 0 Å². The molecule has 0 radical (unpaired) electrons. The van der Waals surface area contributed by atoms with Gasteiger partial charge in [-0.1, -0.05) is 32.9 Å². The van der Waals surface area contributed by atoms with Gasteiger partial charge in [0.05, 0.1) is 6.61 Å². The van der Waals surface area contributed by atoms with Gasteiger partial charge in [0, 0.05) is 23.4 Å². The molecule has 0 bridgehead atoms. The second-order valence-corrected chi connectivity index (χ2v) is 5.98. The molecular weight excluding hydrogens is 274 g/mol. The second-order valence-electron chi connectivity index (χ2n) is 5.98. The van der Waals surface area contributed by atoms with Crippen LogP contribution in [0.15, 0.2) is 24.3 Å². The lowest BCUT2D eigenvalue weighted by atomic mass is 10.0. The predicted molar refractivity (Wildman–Crippen MR) is 91.1 cm³/mol. The lowest BCUT2D eigenvalue weighted by Crippen LogP contribution is -2.12. The Balaban J connectivity index is 2.25. The molecule has 0 amide bonds. The number of nitrogens with one attached hydrogen (secondary N) is 2. The van der Waals surface area contributed by atoms with Crippen LogP contribution in [0.5, 0.6) is 5.75 Å². The van der Waals surface area contributed by atoms with E-state index in [0.29, 0.717) is 5.92 Å². The van der Waals surface area contributed by atoms with Gasteiger partial charge in [0.15, 0.2) is 0 Å². The maximum Gasteiger partial charge on any atom is 0.128 e. The molecule has 1 aromatic heterocycles. The summed E-state index contributed by atoms with van der Waals surface area (Å²) in [4.78, 5) is 0. The summed E-state index contributed by atoms with van der Waals surface area (Å²) in [5.41, 5.74) is 4.36. The van der Waals surface area contributed by atoms with E-state index in [1.54, 1.807) is 0 Å². The first-order chi connectivity index (χ1) is 10.6. The van der Waals surface area contributed by atoms with Gasteiger partial charge in [-0.3, -0.25) is 5.10 Å². The second kappa shape index (κ2) is 7.99. The number of aromatic amines is 1. The van der Waals surface area contributed by atoms with E-state index >= 15 is 0 Å². The molecule has 0 fully saturated rings. The molecule has 120 valence electrons. The molecule has 0 saturated heterocycles. The molecule has 0 saturated carbocycles. The van der Waals surface area contributed by atoms with Crippen molar-refractivity contribution in [1.29, 1.82) is 0 Å². The van der Waals surface area contributed by atoms with Crippen molar-refractivity contribution >= 4 is 0 Å². The monoisotopic (exact) mass is 301 g/mol. The quantitative estimate of drug-likeness (QED) is 0.777. The summed E-state index contributed by atoms with van der Waals surface area (Å²) < 4.78 is 6.00. The van der Waals surface area contributed by atoms with Gasteiger partial charge in [-0.25, -0.2) is 0 Å². The summed E-state index contributed by atoms with van der Waals surface area (Å²) in [6.07, 6.45) is 1.05. The van der Waals surface area contributed by atoms with Crippen molar-refractivity contribution in [2.75, 3.05) is 13.2 Å². The molecule has 22 heavy (non-hydrogen) atoms. The van der Waals surface area contributed by atoms with Crippen LogP contribution in [-0.2, 0) is 6.54 Å². The highest BCUT2D eigenvalue weighted by molar-refractivity contribution is 5.70. The first kappa shape index (κ1) is 16.6. The number of nitrogens with zero attached hydrogens (tertiary/aromatic N) is 1. The topological polar surface area (TPSA) is 49.9 Å². The van der Waals surface area contributed by atoms with Crippen molar-refractivity contribution in [3.63, 3.8) is 0 Å². The highest BCUT2D eigenvalue weighted by Crippen LogP contribution is 2.32. The Morgan fingerprint density at radius 1 is 1.27 bits per heavy atom. The summed E-state index contributed by atoms with van der Waals surface area (Å²) in [5.74, 6) is 1.55. The van der Waals surface area contributed by atoms with E-state index in [0.717, 1.165) is 48.8 Å². The molecule has 2 aromatic rings. The van der Waals surface area contributed by atoms with Crippen LogP contribution in [0.3, 0.4) is 0 Å². The third-order valence-corrected chi connectivity index (χ3v) is 3.72. The Morgan fingerprint density at radius 3 is 2.77 bits per heavy atom. The van der Waals surface area contributed by atoms with Crippen LogP contribution in [0.2, 0.25) is 0 Å². The zero-order chi connectivity index (χ0) is 15.9. The zero-order valence-electron chi connectivity index (χ0n) is 14.1. The fourth-order valence-electron chi connectivity index (χ4n) is 2.33. The van der Waals surface area contributed by atoms with Crippen molar-refractivity contribution in [3.8, 4) is 17.0 Å². The number of benzene rings is 1. The summed E-state index contributed by atoms with van der Waals surface area (Å²) in [7, 11) is 0. The maximum absolute atomic E-state index is 6.00. The minimum atomic E-state index is 0.643. The first-order valence-electron chi connectivity index (χ1n) is 8.10. The van der Waals surface area contributed by atoms with Crippen molar-refractivity contribution in [2.24, 2.45) is 5.92 Å². The van der Waals surface area contributed by atoms with Crippen LogP contribution >= 0.6 is 0 Å². The van der Waals surface area contributed by atoms with Crippen molar-refractivity contribution < 1.29 is 4.74 Å². The van der Waals surface area contributed by atoms with Gasteiger partial charge in [-0.2, -0.15) is 5.10 Å². The van der Waals surface area contributed by atoms with Gasteiger partial charge in [0.2, 0.25) is 0 Å². The van der Waals surface area contributed by atoms with Crippen molar-refractivity contribution in [3.05, 3.63) is 35.5 Å². The smallest absolute Gasteiger partial charge is 0.128 e. The molecule has 1 heterocycles. The van der Waals surface area contributed by atoms with Crippen LogP contribution < -0.4 is 10.1 Å². The Labute approximate surface area is 133 Å². The van der Waals surface area contributed by atoms with E-state index in [9.17, 15) is 0 Å². The third kappa shape index (κ3) is 4.10. The number of H-pyrrole nitrogens is 1. The molecule has 4 nitrogen and oxygen atoms in total. The minimum Gasteiger partial charge on any atom is -0.493 e. The number of ether oxygens (including phenoxy) is 1. The molecule has 2 rings (SSSR count). The number of aryl methyl sites for hydroxylation is 1. The van der Waals surface area contributed by atoms with Crippen LogP contribution in [0.1, 0.15) is 38.4 Å². The van der Waals surface area contributed by atoms with Crippen LogP contribution in [-0.4, -0.2) is 23.3 Å². The standard InChI is InChI=1S/C18H27N3O/c1-5-19-12-16-14(4)20-21-18(16)15-8-6-7-9-17(15)22-11-10-13(2)3/h6-9,13,19H,5,10-12H2,1-4H3,(H,20,21). The Hall–Kier alpha value is -1.81. The Bertz CT molecular complexity index is 590. The van der Waals surface area contributed by atoms with Gasteiger partial charge in [-0.15, -0.1) is 0 Å². The van der Waals surface area contributed by atoms with E-state index < -0.39 is 0 Å². The van der Waals surface area contributed by atoms with Gasteiger partial charge in [0.25, 0.3) is 0 Å². The molecular formula is C18H27N3O. The highest BCUT2D eigenvalue weighted by atomic mass is 16.5. The largest absolute Gasteiger partial charge is 0.493 e. The number of hydrogen-bond acceptors (Lipinski definition) is 3. The molecule has 0 aliphatic rings.